The fraction of sp³-hybridized carbons (Fsp3) is 0.800. The third kappa shape index (κ3) is 1.29. The van der Waals surface area contributed by atoms with Crippen molar-refractivity contribution >= 4 is 11.9 Å². The van der Waals surface area contributed by atoms with Crippen molar-refractivity contribution in [2.75, 3.05) is 0 Å². The maximum Gasteiger partial charge on any atom is 0.326 e. The van der Waals surface area contributed by atoms with E-state index >= 15 is 0 Å². The molecule has 4 heteroatoms. The molecule has 0 saturated heterocycles. The van der Waals surface area contributed by atoms with Gasteiger partial charge < -0.3 is 10.4 Å². The van der Waals surface area contributed by atoms with Gasteiger partial charge in [-0.3, -0.25) is 4.79 Å². The Balaban J connectivity index is 2.10. The van der Waals surface area contributed by atoms with Gasteiger partial charge >= 0.3 is 5.97 Å². The zero-order valence-electron chi connectivity index (χ0n) is 8.25. The minimum Gasteiger partial charge on any atom is -0.480 e. The molecule has 0 aromatic rings. The molecule has 1 unspecified atom stereocenters. The van der Waals surface area contributed by atoms with Crippen LogP contribution in [-0.4, -0.2) is 23.0 Å². The fourth-order valence-corrected chi connectivity index (χ4v) is 3.05. The molecular formula is C10H15NO3. The fourth-order valence-electron chi connectivity index (χ4n) is 3.05. The number of hydrogen-bond donors (Lipinski definition) is 2. The number of nitrogens with one attached hydrogen (secondary N) is 1. The zero-order valence-corrected chi connectivity index (χ0v) is 8.25. The van der Waals surface area contributed by atoms with Crippen molar-refractivity contribution in [2.24, 2.45) is 11.3 Å². The van der Waals surface area contributed by atoms with Gasteiger partial charge in [0.05, 0.1) is 0 Å². The van der Waals surface area contributed by atoms with E-state index in [-0.39, 0.29) is 11.3 Å². The molecule has 0 aliphatic heterocycles. The summed E-state index contributed by atoms with van der Waals surface area (Å²) in [5, 5.41) is 11.6. The van der Waals surface area contributed by atoms with Crippen molar-refractivity contribution in [3.63, 3.8) is 0 Å². The Hall–Kier alpha value is -1.06. The number of fused-ring (bicyclic) bond motifs is 1. The van der Waals surface area contributed by atoms with E-state index in [1.54, 1.807) is 0 Å². The SMILES string of the molecule is CC(=O)NC(C(=O)O)C12CCC(C1)C2. The van der Waals surface area contributed by atoms with E-state index in [1.165, 1.54) is 6.92 Å². The van der Waals surface area contributed by atoms with E-state index in [4.69, 9.17) is 5.11 Å². The summed E-state index contributed by atoms with van der Waals surface area (Å²) in [7, 11) is 0. The largest absolute Gasteiger partial charge is 0.480 e. The normalized spacial score (nSPS) is 35.9. The molecule has 3 rings (SSSR count). The molecule has 2 N–H and O–H groups in total. The van der Waals surface area contributed by atoms with Crippen LogP contribution in [0, 0.1) is 11.3 Å². The van der Waals surface area contributed by atoms with Crippen LogP contribution in [0.15, 0.2) is 0 Å². The molecular weight excluding hydrogens is 182 g/mol. The molecule has 3 aliphatic rings. The predicted octanol–water partition coefficient (Wildman–Crippen LogP) is 0.766. The first-order chi connectivity index (χ1) is 6.53. The molecule has 1 atom stereocenters. The first-order valence-corrected chi connectivity index (χ1v) is 5.03. The summed E-state index contributed by atoms with van der Waals surface area (Å²) in [4.78, 5) is 21.9. The Morgan fingerprint density at radius 2 is 2.14 bits per heavy atom. The van der Waals surface area contributed by atoms with Crippen LogP contribution in [-0.2, 0) is 9.59 Å². The molecule has 0 radical (unpaired) electrons. The number of aliphatic carboxylic acids is 1. The first kappa shape index (κ1) is 9.49. The summed E-state index contributed by atoms with van der Waals surface area (Å²) in [6.45, 7) is 1.37. The minimum atomic E-state index is -0.888. The van der Waals surface area contributed by atoms with E-state index < -0.39 is 12.0 Å². The van der Waals surface area contributed by atoms with Gasteiger partial charge in [0.1, 0.15) is 6.04 Å². The molecule has 0 heterocycles. The van der Waals surface area contributed by atoms with Crippen LogP contribution < -0.4 is 5.32 Å². The van der Waals surface area contributed by atoms with Crippen molar-refractivity contribution in [1.29, 1.82) is 0 Å². The predicted molar refractivity (Wildman–Crippen MR) is 49.6 cm³/mol. The standard InChI is InChI=1S/C10H15NO3/c1-6(12)11-8(9(13)14)10-3-2-7(4-10)5-10/h7-8H,2-5H2,1H3,(H,11,12)(H,13,14). The van der Waals surface area contributed by atoms with Gasteiger partial charge in [-0.05, 0) is 31.6 Å². The summed E-state index contributed by atoms with van der Waals surface area (Å²) < 4.78 is 0. The van der Waals surface area contributed by atoms with Crippen LogP contribution in [0.25, 0.3) is 0 Å². The van der Waals surface area contributed by atoms with Crippen LogP contribution in [0.4, 0.5) is 0 Å². The average molecular weight is 197 g/mol. The lowest BCUT2D eigenvalue weighted by atomic mass is 9.65. The minimum absolute atomic E-state index is 0.123. The Labute approximate surface area is 82.7 Å². The van der Waals surface area contributed by atoms with Crippen molar-refractivity contribution < 1.29 is 14.7 Å². The van der Waals surface area contributed by atoms with Gasteiger partial charge in [0.15, 0.2) is 0 Å². The molecule has 3 aliphatic carbocycles. The van der Waals surface area contributed by atoms with Gasteiger partial charge in [0.2, 0.25) is 5.91 Å². The number of carboxylic acid groups (broad SMARTS) is 1. The summed E-state index contributed by atoms with van der Waals surface area (Å²) >= 11 is 0. The molecule has 3 saturated carbocycles. The molecule has 78 valence electrons. The van der Waals surface area contributed by atoms with E-state index in [1.807, 2.05) is 0 Å². The highest BCUT2D eigenvalue weighted by Gasteiger charge is 2.57. The lowest BCUT2D eigenvalue weighted by molar-refractivity contribution is -0.147. The van der Waals surface area contributed by atoms with Gasteiger partial charge in [-0.1, -0.05) is 0 Å². The number of carbonyl (C=O) groups excluding carboxylic acids is 1. The lowest BCUT2D eigenvalue weighted by Gasteiger charge is -2.42. The summed E-state index contributed by atoms with van der Waals surface area (Å²) in [5.74, 6) is -0.423. The summed E-state index contributed by atoms with van der Waals surface area (Å²) in [5.41, 5.74) is -0.123. The molecule has 2 bridgehead atoms. The summed E-state index contributed by atoms with van der Waals surface area (Å²) in [6.07, 6.45) is 4.03. The van der Waals surface area contributed by atoms with E-state index in [0.717, 1.165) is 25.7 Å². The number of rotatable bonds is 3. The molecule has 14 heavy (non-hydrogen) atoms. The Kier molecular flexibility index (Phi) is 2.01. The Morgan fingerprint density at radius 3 is 2.50 bits per heavy atom. The second-order valence-electron chi connectivity index (χ2n) is 4.65. The third-order valence-electron chi connectivity index (χ3n) is 3.65. The number of amides is 1. The van der Waals surface area contributed by atoms with Gasteiger partial charge in [0, 0.05) is 12.3 Å². The van der Waals surface area contributed by atoms with Gasteiger partial charge in [-0.2, -0.15) is 0 Å². The molecule has 3 fully saturated rings. The second kappa shape index (κ2) is 2.97. The van der Waals surface area contributed by atoms with Gasteiger partial charge in [0.25, 0.3) is 0 Å². The Morgan fingerprint density at radius 1 is 1.50 bits per heavy atom. The van der Waals surface area contributed by atoms with Crippen molar-refractivity contribution in [3.8, 4) is 0 Å². The smallest absolute Gasteiger partial charge is 0.326 e. The first-order valence-electron chi connectivity index (χ1n) is 5.03. The van der Waals surface area contributed by atoms with Crippen LogP contribution in [0.1, 0.15) is 32.6 Å². The second-order valence-corrected chi connectivity index (χ2v) is 4.65. The average Bonchev–Trinajstić information content (AvgIpc) is 2.56. The molecule has 0 spiro atoms. The number of hydrogen-bond acceptors (Lipinski definition) is 2. The topological polar surface area (TPSA) is 66.4 Å². The van der Waals surface area contributed by atoms with Crippen LogP contribution in [0.5, 0.6) is 0 Å². The molecule has 4 nitrogen and oxygen atoms in total. The zero-order chi connectivity index (χ0) is 10.3. The highest BCUT2D eigenvalue weighted by Crippen LogP contribution is 2.60. The quantitative estimate of drug-likeness (QED) is 0.702. The monoisotopic (exact) mass is 197 g/mol. The number of carboxylic acids is 1. The van der Waals surface area contributed by atoms with Gasteiger partial charge in [-0.25, -0.2) is 4.79 Å². The maximum absolute atomic E-state index is 11.0. The van der Waals surface area contributed by atoms with Crippen molar-refractivity contribution in [1.82, 2.24) is 5.32 Å². The van der Waals surface area contributed by atoms with E-state index in [0.29, 0.717) is 5.92 Å². The third-order valence-corrected chi connectivity index (χ3v) is 3.65. The molecule has 1 amide bonds. The van der Waals surface area contributed by atoms with E-state index in [9.17, 15) is 9.59 Å². The summed E-state index contributed by atoms with van der Waals surface area (Å²) in [6, 6.07) is -0.668. The molecule has 0 aromatic heterocycles. The Bertz CT molecular complexity index is 276. The number of carbonyl (C=O) groups is 2. The van der Waals surface area contributed by atoms with E-state index in [2.05, 4.69) is 5.32 Å². The van der Waals surface area contributed by atoms with Crippen molar-refractivity contribution in [3.05, 3.63) is 0 Å². The maximum atomic E-state index is 11.0. The molecule has 0 aromatic carbocycles. The van der Waals surface area contributed by atoms with Crippen LogP contribution in [0.2, 0.25) is 0 Å². The van der Waals surface area contributed by atoms with Gasteiger partial charge in [-0.15, -0.1) is 0 Å². The lowest BCUT2D eigenvalue weighted by Crippen LogP contribution is -2.54. The highest BCUT2D eigenvalue weighted by atomic mass is 16.4. The van der Waals surface area contributed by atoms with Crippen molar-refractivity contribution in [2.45, 2.75) is 38.6 Å². The van der Waals surface area contributed by atoms with Crippen LogP contribution in [0.3, 0.4) is 0 Å². The van der Waals surface area contributed by atoms with Crippen LogP contribution >= 0.6 is 0 Å². The highest BCUT2D eigenvalue weighted by molar-refractivity contribution is 5.83.